The number of methoxy groups -OCH3 is 1. The van der Waals surface area contributed by atoms with Gasteiger partial charge in [0, 0.05) is 18.1 Å². The molecular weight excluding hydrogens is 278 g/mol. The van der Waals surface area contributed by atoms with Crippen LogP contribution in [0, 0.1) is 13.8 Å². The van der Waals surface area contributed by atoms with Gasteiger partial charge in [0.25, 0.3) is 0 Å². The smallest absolute Gasteiger partial charge is 0.245 e. The van der Waals surface area contributed by atoms with Crippen LogP contribution in [0.3, 0.4) is 0 Å². The summed E-state index contributed by atoms with van der Waals surface area (Å²) >= 11 is 1.35. The Balaban J connectivity index is 2.10. The monoisotopic (exact) mass is 295 g/mol. The van der Waals surface area contributed by atoms with E-state index >= 15 is 0 Å². The fourth-order valence-electron chi connectivity index (χ4n) is 1.79. The number of carbonyl (C=O) groups excluding carboxylic acids is 1. The lowest BCUT2D eigenvalue weighted by atomic mass is 10.2. The zero-order valence-corrected chi connectivity index (χ0v) is 12.4. The van der Waals surface area contributed by atoms with E-state index in [4.69, 9.17) is 14.9 Å². The van der Waals surface area contributed by atoms with E-state index in [2.05, 4.69) is 10.3 Å². The summed E-state index contributed by atoms with van der Waals surface area (Å²) < 4.78 is 10.3. The molecule has 7 heteroatoms. The van der Waals surface area contributed by atoms with Crippen LogP contribution in [0.1, 0.15) is 11.5 Å². The van der Waals surface area contributed by atoms with Crippen LogP contribution in [-0.4, -0.2) is 30.6 Å². The number of thiazole rings is 1. The van der Waals surface area contributed by atoms with Crippen molar-refractivity contribution in [3.05, 3.63) is 23.0 Å². The Morgan fingerprint density at radius 3 is 2.95 bits per heavy atom. The van der Waals surface area contributed by atoms with E-state index in [1.807, 2.05) is 25.3 Å². The number of rotatable bonds is 5. The summed E-state index contributed by atoms with van der Waals surface area (Å²) in [6.45, 7) is 3.94. The fourth-order valence-corrected chi connectivity index (χ4v) is 2.51. The van der Waals surface area contributed by atoms with Gasteiger partial charge >= 0.3 is 0 Å². The second kappa shape index (κ2) is 6.17. The molecule has 20 heavy (non-hydrogen) atoms. The summed E-state index contributed by atoms with van der Waals surface area (Å²) in [7, 11) is 1.50. The van der Waals surface area contributed by atoms with Crippen molar-refractivity contribution in [2.45, 2.75) is 19.9 Å². The molecule has 0 aliphatic carbocycles. The number of aryl methyl sites for hydroxylation is 2. The fraction of sp³-hybridized carbons (Fsp3) is 0.385. The lowest BCUT2D eigenvalue weighted by Gasteiger charge is -2.08. The molecule has 2 heterocycles. The molecule has 108 valence electrons. The van der Waals surface area contributed by atoms with Gasteiger partial charge in [-0.25, -0.2) is 4.98 Å². The van der Waals surface area contributed by atoms with Crippen LogP contribution in [0.15, 0.2) is 15.9 Å². The number of hydrogen-bond donors (Lipinski definition) is 2. The van der Waals surface area contributed by atoms with Crippen LogP contribution in [0.25, 0.3) is 11.3 Å². The van der Waals surface area contributed by atoms with Crippen molar-refractivity contribution in [2.75, 3.05) is 19.0 Å². The van der Waals surface area contributed by atoms with Crippen molar-refractivity contribution in [1.82, 2.24) is 4.98 Å². The number of carbonyl (C=O) groups is 1. The van der Waals surface area contributed by atoms with Crippen molar-refractivity contribution in [3.8, 4) is 11.3 Å². The van der Waals surface area contributed by atoms with Gasteiger partial charge in [0.2, 0.25) is 5.91 Å². The molecule has 0 bridgehead atoms. The van der Waals surface area contributed by atoms with Gasteiger partial charge in [-0.3, -0.25) is 4.79 Å². The van der Waals surface area contributed by atoms with Crippen LogP contribution in [0.4, 0.5) is 5.13 Å². The molecule has 0 spiro atoms. The number of nitrogens with zero attached hydrogens (tertiary/aromatic N) is 1. The second-order valence-corrected chi connectivity index (χ2v) is 5.27. The zero-order chi connectivity index (χ0) is 14.7. The predicted octanol–water partition coefficient (Wildman–Crippen LogP) is 1.93. The third-order valence-corrected chi connectivity index (χ3v) is 3.49. The highest BCUT2D eigenvalue weighted by atomic mass is 32.1. The van der Waals surface area contributed by atoms with Gasteiger partial charge in [-0.15, -0.1) is 11.3 Å². The molecular formula is C13H17N3O3S. The van der Waals surface area contributed by atoms with E-state index in [1.165, 1.54) is 18.4 Å². The third-order valence-electron chi connectivity index (χ3n) is 2.73. The standard InChI is InChI=1S/C13H17N3O3S/c1-7-4-9(8(2)19-7)11-6-20-13(15-11)16-12(17)10(14)5-18-3/h4,6,10H,5,14H2,1-3H3,(H,15,16,17). The van der Waals surface area contributed by atoms with Crippen molar-refractivity contribution in [1.29, 1.82) is 0 Å². The summed E-state index contributed by atoms with van der Waals surface area (Å²) in [5, 5.41) is 5.05. The van der Waals surface area contributed by atoms with E-state index in [-0.39, 0.29) is 12.5 Å². The maximum absolute atomic E-state index is 11.8. The highest BCUT2D eigenvalue weighted by Crippen LogP contribution is 2.29. The van der Waals surface area contributed by atoms with Crippen molar-refractivity contribution < 1.29 is 13.9 Å². The third kappa shape index (κ3) is 3.24. The first-order valence-electron chi connectivity index (χ1n) is 6.09. The molecule has 0 fully saturated rings. The van der Waals surface area contributed by atoms with Gasteiger partial charge in [-0.1, -0.05) is 0 Å². The Morgan fingerprint density at radius 1 is 1.60 bits per heavy atom. The minimum absolute atomic E-state index is 0.171. The van der Waals surface area contributed by atoms with Gasteiger partial charge in [0.1, 0.15) is 17.6 Å². The Labute approximate surface area is 120 Å². The number of ether oxygens (including phenoxy) is 1. The molecule has 3 N–H and O–H groups in total. The number of furan rings is 1. The quantitative estimate of drug-likeness (QED) is 0.879. The second-order valence-electron chi connectivity index (χ2n) is 4.42. The topological polar surface area (TPSA) is 90.4 Å². The SMILES string of the molecule is COCC(N)C(=O)Nc1nc(-c2cc(C)oc2C)cs1. The first-order chi connectivity index (χ1) is 9.51. The molecule has 2 aromatic heterocycles. The Bertz CT molecular complexity index is 606. The minimum Gasteiger partial charge on any atom is -0.466 e. The normalized spacial score (nSPS) is 12.4. The Kier molecular flexibility index (Phi) is 4.53. The van der Waals surface area contributed by atoms with Gasteiger partial charge in [0.15, 0.2) is 5.13 Å². The summed E-state index contributed by atoms with van der Waals surface area (Å²) in [4.78, 5) is 16.1. The molecule has 0 saturated heterocycles. The Hall–Kier alpha value is -1.70. The average molecular weight is 295 g/mol. The number of amides is 1. The molecule has 0 aromatic carbocycles. The van der Waals surface area contributed by atoms with Crippen LogP contribution in [0.5, 0.6) is 0 Å². The lowest BCUT2D eigenvalue weighted by Crippen LogP contribution is -2.39. The molecule has 0 aliphatic rings. The number of hydrogen-bond acceptors (Lipinski definition) is 6. The van der Waals surface area contributed by atoms with Gasteiger partial charge in [0.05, 0.1) is 12.3 Å². The van der Waals surface area contributed by atoms with Gasteiger partial charge < -0.3 is 20.2 Å². The Morgan fingerprint density at radius 2 is 2.35 bits per heavy atom. The molecule has 1 amide bonds. The largest absolute Gasteiger partial charge is 0.466 e. The number of nitrogens with one attached hydrogen (secondary N) is 1. The summed E-state index contributed by atoms with van der Waals surface area (Å²) in [5.74, 6) is 1.33. The van der Waals surface area contributed by atoms with Crippen LogP contribution < -0.4 is 11.1 Å². The van der Waals surface area contributed by atoms with Crippen LogP contribution in [0.2, 0.25) is 0 Å². The average Bonchev–Trinajstić information content (AvgIpc) is 2.96. The van der Waals surface area contributed by atoms with E-state index in [9.17, 15) is 4.79 Å². The van der Waals surface area contributed by atoms with E-state index < -0.39 is 6.04 Å². The van der Waals surface area contributed by atoms with E-state index in [1.54, 1.807) is 0 Å². The van der Waals surface area contributed by atoms with E-state index in [0.29, 0.717) is 5.13 Å². The van der Waals surface area contributed by atoms with Crippen LogP contribution in [-0.2, 0) is 9.53 Å². The molecule has 1 atom stereocenters. The summed E-state index contributed by atoms with van der Waals surface area (Å²) in [6, 6.07) is 1.22. The van der Waals surface area contributed by atoms with Crippen molar-refractivity contribution in [3.63, 3.8) is 0 Å². The van der Waals surface area contributed by atoms with Gasteiger partial charge in [-0.05, 0) is 19.9 Å². The summed E-state index contributed by atoms with van der Waals surface area (Å²) in [5.41, 5.74) is 7.35. The van der Waals surface area contributed by atoms with E-state index in [0.717, 1.165) is 22.8 Å². The molecule has 0 radical (unpaired) electrons. The van der Waals surface area contributed by atoms with Crippen LogP contribution >= 0.6 is 11.3 Å². The minimum atomic E-state index is -0.703. The molecule has 0 aliphatic heterocycles. The summed E-state index contributed by atoms with van der Waals surface area (Å²) in [6.07, 6.45) is 0. The molecule has 2 rings (SSSR count). The highest BCUT2D eigenvalue weighted by molar-refractivity contribution is 7.14. The first kappa shape index (κ1) is 14.7. The van der Waals surface area contributed by atoms with Gasteiger partial charge in [-0.2, -0.15) is 0 Å². The number of aromatic nitrogens is 1. The molecule has 1 unspecified atom stereocenters. The molecule has 6 nitrogen and oxygen atoms in total. The zero-order valence-electron chi connectivity index (χ0n) is 11.6. The molecule has 2 aromatic rings. The highest BCUT2D eigenvalue weighted by Gasteiger charge is 2.16. The number of anilines is 1. The predicted molar refractivity (Wildman–Crippen MR) is 77.8 cm³/mol. The van der Waals surface area contributed by atoms with Crippen molar-refractivity contribution in [2.24, 2.45) is 5.73 Å². The maximum atomic E-state index is 11.8. The van der Waals surface area contributed by atoms with Crippen molar-refractivity contribution >= 4 is 22.4 Å². The number of nitrogens with two attached hydrogens (primary N) is 1. The maximum Gasteiger partial charge on any atom is 0.245 e. The first-order valence-corrected chi connectivity index (χ1v) is 6.97. The lowest BCUT2D eigenvalue weighted by molar-refractivity contribution is -0.118. The molecule has 0 saturated carbocycles.